The molecule has 0 bridgehead atoms. The Balaban J connectivity index is 1.48. The highest BCUT2D eigenvalue weighted by Crippen LogP contribution is 2.32. The number of nitriles is 1. The van der Waals surface area contributed by atoms with E-state index in [1.54, 1.807) is 54.7 Å². The second-order valence-corrected chi connectivity index (χ2v) is 9.80. The molecule has 1 amide bonds. The fraction of sp³-hybridized carbons (Fsp3) is 0.0417. The molecule has 2 aromatic heterocycles. The van der Waals surface area contributed by atoms with E-state index in [9.17, 15) is 10.1 Å². The number of anilines is 1. The minimum atomic E-state index is -0.608. The van der Waals surface area contributed by atoms with Crippen LogP contribution in [0.15, 0.2) is 64.7 Å². The van der Waals surface area contributed by atoms with Crippen LogP contribution in [0.3, 0.4) is 0 Å². The van der Waals surface area contributed by atoms with Gasteiger partial charge in [-0.1, -0.05) is 46.4 Å². The zero-order valence-electron chi connectivity index (χ0n) is 17.1. The van der Waals surface area contributed by atoms with Crippen LogP contribution in [-0.4, -0.2) is 10.9 Å². The van der Waals surface area contributed by atoms with Crippen LogP contribution in [0, 0.1) is 11.3 Å². The van der Waals surface area contributed by atoms with Gasteiger partial charge in [0.15, 0.2) is 5.13 Å². The summed E-state index contributed by atoms with van der Waals surface area (Å²) in [6.07, 6.45) is 3.49. The summed E-state index contributed by atoms with van der Waals surface area (Å²) in [5.41, 5.74) is 1.31. The molecule has 34 heavy (non-hydrogen) atoms. The highest BCUT2D eigenvalue weighted by atomic mass is 35.5. The maximum Gasteiger partial charge on any atom is 0.268 e. The second kappa shape index (κ2) is 10.6. The quantitative estimate of drug-likeness (QED) is 0.195. The Labute approximate surface area is 219 Å². The molecule has 0 saturated heterocycles. The van der Waals surface area contributed by atoms with Gasteiger partial charge in [0, 0.05) is 44.2 Å². The van der Waals surface area contributed by atoms with Crippen molar-refractivity contribution in [2.45, 2.75) is 6.42 Å². The summed E-state index contributed by atoms with van der Waals surface area (Å²) in [5, 5.41) is 14.6. The number of carbonyl (C=O) groups excluding carboxylic acids is 1. The molecule has 0 unspecified atom stereocenters. The molecule has 0 aliphatic heterocycles. The number of benzene rings is 2. The van der Waals surface area contributed by atoms with Crippen LogP contribution < -0.4 is 5.32 Å². The summed E-state index contributed by atoms with van der Waals surface area (Å²) in [4.78, 5) is 17.7. The first-order valence-corrected chi connectivity index (χ1v) is 12.0. The first-order chi connectivity index (χ1) is 16.3. The van der Waals surface area contributed by atoms with E-state index in [0.717, 1.165) is 10.4 Å². The van der Waals surface area contributed by atoms with E-state index >= 15 is 0 Å². The number of rotatable bonds is 6. The summed E-state index contributed by atoms with van der Waals surface area (Å²) in [5.74, 6) is 0.164. The van der Waals surface area contributed by atoms with Gasteiger partial charge >= 0.3 is 0 Å². The highest BCUT2D eigenvalue weighted by molar-refractivity contribution is 7.15. The largest absolute Gasteiger partial charge is 0.457 e. The average molecular weight is 549 g/mol. The Kier molecular flexibility index (Phi) is 7.62. The van der Waals surface area contributed by atoms with Crippen LogP contribution in [0.4, 0.5) is 5.13 Å². The lowest BCUT2D eigenvalue weighted by atomic mass is 10.1. The number of furan rings is 1. The highest BCUT2D eigenvalue weighted by Gasteiger charge is 2.15. The molecule has 0 saturated carbocycles. The number of carbonyl (C=O) groups is 1. The van der Waals surface area contributed by atoms with Crippen molar-refractivity contribution in [3.05, 3.63) is 96.6 Å². The Morgan fingerprint density at radius 1 is 1.06 bits per heavy atom. The summed E-state index contributed by atoms with van der Waals surface area (Å²) in [6.45, 7) is 0. The normalized spacial score (nSPS) is 11.3. The van der Waals surface area contributed by atoms with Crippen molar-refractivity contribution < 1.29 is 9.21 Å². The van der Waals surface area contributed by atoms with Gasteiger partial charge in [-0.25, -0.2) is 4.98 Å². The van der Waals surface area contributed by atoms with Gasteiger partial charge in [-0.05, 0) is 54.1 Å². The van der Waals surface area contributed by atoms with Gasteiger partial charge in [-0.15, -0.1) is 11.3 Å². The predicted molar refractivity (Wildman–Crippen MR) is 138 cm³/mol. The molecule has 0 spiro atoms. The minimum absolute atomic E-state index is 0.146. The lowest BCUT2D eigenvalue weighted by molar-refractivity contribution is -0.112. The molecule has 4 rings (SSSR count). The van der Waals surface area contributed by atoms with Gasteiger partial charge in [-0.2, -0.15) is 5.26 Å². The Morgan fingerprint density at radius 3 is 2.56 bits per heavy atom. The second-order valence-electron chi connectivity index (χ2n) is 6.99. The van der Waals surface area contributed by atoms with Crippen LogP contribution in [0.1, 0.15) is 16.2 Å². The van der Waals surface area contributed by atoms with E-state index in [2.05, 4.69) is 10.3 Å². The number of halogens is 4. The lowest BCUT2D eigenvalue weighted by Crippen LogP contribution is -2.13. The van der Waals surface area contributed by atoms with Gasteiger partial charge in [0.25, 0.3) is 5.91 Å². The molecule has 0 radical (unpaired) electrons. The first kappa shape index (κ1) is 24.3. The van der Waals surface area contributed by atoms with Crippen molar-refractivity contribution in [1.82, 2.24) is 4.98 Å². The van der Waals surface area contributed by atoms with Crippen molar-refractivity contribution in [3.8, 4) is 17.4 Å². The van der Waals surface area contributed by atoms with Gasteiger partial charge < -0.3 is 4.42 Å². The SMILES string of the molecule is N#CC(=Cc1ccc(-c2cc(Cl)ccc2Cl)o1)C(=O)Nc1ncc(Cc2cc(Cl)ccc2Cl)s1. The number of hydrogen-bond donors (Lipinski definition) is 1. The van der Waals surface area contributed by atoms with Gasteiger partial charge in [-0.3, -0.25) is 10.1 Å². The minimum Gasteiger partial charge on any atom is -0.457 e. The van der Waals surface area contributed by atoms with E-state index in [-0.39, 0.29) is 5.57 Å². The van der Waals surface area contributed by atoms with Crippen LogP contribution in [-0.2, 0) is 11.2 Å². The van der Waals surface area contributed by atoms with E-state index in [4.69, 9.17) is 50.8 Å². The molecule has 10 heteroatoms. The van der Waals surface area contributed by atoms with E-state index < -0.39 is 5.91 Å². The van der Waals surface area contributed by atoms with Crippen LogP contribution in [0.25, 0.3) is 17.4 Å². The van der Waals surface area contributed by atoms with Crippen molar-refractivity contribution in [1.29, 1.82) is 5.26 Å². The summed E-state index contributed by atoms with van der Waals surface area (Å²) in [7, 11) is 0. The Bertz CT molecular complexity index is 1450. The van der Waals surface area contributed by atoms with E-state index in [1.807, 2.05) is 6.07 Å². The zero-order valence-corrected chi connectivity index (χ0v) is 21.0. The molecule has 0 atom stereocenters. The first-order valence-electron chi connectivity index (χ1n) is 9.69. The molecule has 1 N–H and O–H groups in total. The Hall–Kier alpha value is -2.79. The number of hydrogen-bond acceptors (Lipinski definition) is 5. The molecular formula is C24H13Cl4N3O2S. The molecule has 0 aliphatic rings. The smallest absolute Gasteiger partial charge is 0.268 e. The third-order valence-electron chi connectivity index (χ3n) is 4.62. The Morgan fingerprint density at radius 2 is 1.79 bits per heavy atom. The summed E-state index contributed by atoms with van der Waals surface area (Å²) < 4.78 is 5.74. The topological polar surface area (TPSA) is 78.9 Å². The standard InChI is InChI=1S/C24H13Cl4N3O2S/c25-15-1-4-20(27)13(7-15)9-18-12-30-24(34-18)31-23(32)14(11-29)8-17-3-6-22(33-17)19-10-16(26)2-5-21(19)28/h1-8,10,12H,9H2,(H,30,31,32). The third kappa shape index (κ3) is 5.82. The molecular weight excluding hydrogens is 536 g/mol. The number of amides is 1. The molecule has 2 aromatic carbocycles. The van der Waals surface area contributed by atoms with Crippen LogP contribution in [0.5, 0.6) is 0 Å². The number of nitrogens with zero attached hydrogens (tertiary/aromatic N) is 2. The predicted octanol–water partition coefficient (Wildman–Crippen LogP) is 8.15. The van der Waals surface area contributed by atoms with Gasteiger partial charge in [0.05, 0.1) is 5.02 Å². The third-order valence-corrected chi connectivity index (χ3v) is 6.70. The van der Waals surface area contributed by atoms with Crippen molar-refractivity contribution in [3.63, 3.8) is 0 Å². The number of thiazole rings is 1. The van der Waals surface area contributed by atoms with Crippen LogP contribution in [0.2, 0.25) is 20.1 Å². The van der Waals surface area contributed by atoms with Gasteiger partial charge in [0.2, 0.25) is 0 Å². The fourth-order valence-corrected chi connectivity index (χ4v) is 4.62. The molecule has 5 nitrogen and oxygen atoms in total. The van der Waals surface area contributed by atoms with Crippen molar-refractivity contribution in [2.24, 2.45) is 0 Å². The molecule has 0 fully saturated rings. The number of nitrogens with one attached hydrogen (secondary N) is 1. The maximum absolute atomic E-state index is 12.6. The van der Waals surface area contributed by atoms with Crippen LogP contribution >= 0.6 is 57.7 Å². The van der Waals surface area contributed by atoms with Gasteiger partial charge in [0.1, 0.15) is 23.2 Å². The summed E-state index contributed by atoms with van der Waals surface area (Å²) >= 11 is 25.8. The van der Waals surface area contributed by atoms with E-state index in [0.29, 0.717) is 48.7 Å². The molecule has 4 aromatic rings. The molecule has 0 aliphatic carbocycles. The zero-order chi connectivity index (χ0) is 24.2. The summed E-state index contributed by atoms with van der Waals surface area (Å²) in [6, 6.07) is 15.4. The van der Waals surface area contributed by atoms with Crippen molar-refractivity contribution in [2.75, 3.05) is 5.32 Å². The molecule has 2 heterocycles. The molecule has 170 valence electrons. The monoisotopic (exact) mass is 547 g/mol. The van der Waals surface area contributed by atoms with Crippen molar-refractivity contribution >= 4 is 74.9 Å². The van der Waals surface area contributed by atoms with E-state index in [1.165, 1.54) is 17.4 Å². The lowest BCUT2D eigenvalue weighted by Gasteiger charge is -2.02. The fourth-order valence-electron chi connectivity index (χ4n) is 3.03. The maximum atomic E-state index is 12.6. The average Bonchev–Trinajstić information content (AvgIpc) is 3.45. The number of aromatic nitrogens is 1.